The summed E-state index contributed by atoms with van der Waals surface area (Å²) in [5.74, 6) is -0.957. The fourth-order valence-corrected chi connectivity index (χ4v) is 7.26. The first kappa shape index (κ1) is 57.2. The number of likely N-dealkylation sites (tertiary alicyclic amines) is 1. The predicted octanol–water partition coefficient (Wildman–Crippen LogP) is 5.82. The number of aromatic hydroxyl groups is 1. The Hall–Kier alpha value is -1.79. The number of piperidine rings is 1. The van der Waals surface area contributed by atoms with Crippen molar-refractivity contribution in [1.29, 1.82) is 0 Å². The third-order valence-corrected chi connectivity index (χ3v) is 11.3. The third-order valence-electron chi connectivity index (χ3n) is 10.4. The Labute approximate surface area is 401 Å². The van der Waals surface area contributed by atoms with Gasteiger partial charge in [0.05, 0.1) is 12.0 Å². The first-order chi connectivity index (χ1) is 27.4. The van der Waals surface area contributed by atoms with E-state index in [1.54, 1.807) is 43.5 Å². The number of ether oxygens (including phenoxy) is 1. The molecule has 1 aromatic carbocycles. The minimum Gasteiger partial charge on any atom is -0.650 e. The normalized spacial score (nSPS) is 16.3. The minimum absolute atomic E-state index is 0. The van der Waals surface area contributed by atoms with Crippen molar-refractivity contribution in [2.75, 3.05) is 34.3 Å². The summed E-state index contributed by atoms with van der Waals surface area (Å²) in [5.41, 5.74) is -0.0749. The standard InChI is InChI=1S/C31H47N3O7S.C7H15N2.C6H12O.K/c1-8-9-10-15-40-34(7)26(20(2)3)17-27(41-21(4)35)29-33-25(19-42-29)28(37)32-23(18-31(5,6)30(38)39)16-22-11-13-24(36)14-12-22;1-8-7-5-3-4-6-9(7)2;1-3-6(2)4-5-7;/h11-14,19-20,23,26-27,36H,8-10,15-18H2,1-7H3,(H,32,37)(H,38,39);7H,3-6H2,1-2H3;5-6H,3-4H2,1-2H3;/q;-1;;+1/t;7-;6-;/m.10./s1. The molecular weight excluding hydrogens is 798 g/mol. The summed E-state index contributed by atoms with van der Waals surface area (Å²) in [4.78, 5) is 59.8. The summed E-state index contributed by atoms with van der Waals surface area (Å²) in [5, 5.41) is 30.5. The SMILES string of the molecule is CCCCCON(C)C(CC(OC(C)=O)c1nc(C(=O)NC(Cc2ccc(O)cc2)CC(C)(C)C(=O)O)cs1)C(C)C.CC[C@H](C)CC=O.C[N-][C@H]1CCCCN1C.[K+]. The number of hydrogen-bond acceptors (Lipinski definition) is 11. The molecule has 1 aliphatic heterocycles. The Morgan fingerprint density at radius 2 is 1.80 bits per heavy atom. The van der Waals surface area contributed by atoms with Crippen molar-refractivity contribution in [2.45, 2.75) is 150 Å². The molecule has 2 heterocycles. The molecule has 1 saturated heterocycles. The molecule has 3 rings (SSSR count). The number of unbranched alkanes of at least 4 members (excludes halogenated alkanes) is 2. The molecule has 0 radical (unpaired) electrons. The zero-order valence-electron chi connectivity index (χ0n) is 38.2. The maximum absolute atomic E-state index is 13.3. The van der Waals surface area contributed by atoms with Gasteiger partial charge >= 0.3 is 63.3 Å². The number of phenols is 1. The largest absolute Gasteiger partial charge is 1.00 e. The fraction of sp³-hybridized carbons (Fsp3) is 0.705. The number of carbonyl (C=O) groups is 4. The van der Waals surface area contributed by atoms with Crippen LogP contribution < -0.4 is 56.7 Å². The number of aliphatic carboxylic acids is 1. The number of rotatable bonds is 22. The Morgan fingerprint density at radius 1 is 1.14 bits per heavy atom. The molecule has 1 aliphatic rings. The van der Waals surface area contributed by atoms with E-state index in [-0.39, 0.29) is 81.2 Å². The second-order valence-electron chi connectivity index (χ2n) is 16.4. The number of carboxylic acid groups (broad SMARTS) is 1. The van der Waals surface area contributed by atoms with Crippen LogP contribution in [0.1, 0.15) is 147 Å². The van der Waals surface area contributed by atoms with Crippen LogP contribution in [0.4, 0.5) is 0 Å². The molecule has 2 aromatic rings. The van der Waals surface area contributed by atoms with Crippen molar-refractivity contribution in [3.63, 3.8) is 0 Å². The Bertz CT molecular complexity index is 1480. The first-order valence-electron chi connectivity index (χ1n) is 20.9. The van der Waals surface area contributed by atoms with E-state index in [1.165, 1.54) is 44.1 Å². The number of hydroxylamine groups is 2. The van der Waals surface area contributed by atoms with Crippen LogP contribution in [0.5, 0.6) is 5.75 Å². The molecule has 15 heteroatoms. The number of thiazole rings is 1. The van der Waals surface area contributed by atoms with Crippen molar-refractivity contribution in [3.8, 4) is 5.75 Å². The van der Waals surface area contributed by atoms with E-state index in [0.29, 0.717) is 36.5 Å². The van der Waals surface area contributed by atoms with Gasteiger partial charge in [-0.25, -0.2) is 4.98 Å². The smallest absolute Gasteiger partial charge is 0.650 e. The van der Waals surface area contributed by atoms with Gasteiger partial charge in [-0.3, -0.25) is 19.2 Å². The zero-order chi connectivity index (χ0) is 43.8. The van der Waals surface area contributed by atoms with Crippen LogP contribution in [0.3, 0.4) is 0 Å². The molecule has 5 atom stereocenters. The molecule has 3 unspecified atom stereocenters. The van der Waals surface area contributed by atoms with Gasteiger partial charge in [0.1, 0.15) is 22.7 Å². The number of nitrogens with one attached hydrogen (secondary N) is 1. The molecule has 0 saturated carbocycles. The van der Waals surface area contributed by atoms with E-state index >= 15 is 0 Å². The average molecular weight is 872 g/mol. The van der Waals surface area contributed by atoms with E-state index < -0.39 is 35.4 Å². The van der Waals surface area contributed by atoms with Crippen molar-refractivity contribution < 1.29 is 90.4 Å². The molecule has 0 bridgehead atoms. The number of amides is 1. The van der Waals surface area contributed by atoms with Gasteiger partial charge in [-0.2, -0.15) is 12.1 Å². The summed E-state index contributed by atoms with van der Waals surface area (Å²) in [7, 11) is 5.94. The van der Waals surface area contributed by atoms with Gasteiger partial charge in [0.2, 0.25) is 0 Å². The summed E-state index contributed by atoms with van der Waals surface area (Å²) >= 11 is 1.24. The number of aromatic nitrogens is 1. The number of esters is 1. The maximum Gasteiger partial charge on any atom is 1.00 e. The minimum atomic E-state index is -1.08. The Kier molecular flexibility index (Phi) is 30.2. The first-order valence-corrected chi connectivity index (χ1v) is 21.8. The summed E-state index contributed by atoms with van der Waals surface area (Å²) in [6.45, 7) is 16.9. The van der Waals surface area contributed by atoms with Crippen LogP contribution in [-0.2, 0) is 30.4 Å². The average Bonchev–Trinajstić information content (AvgIpc) is 3.67. The molecule has 1 aromatic heterocycles. The van der Waals surface area contributed by atoms with Crippen molar-refractivity contribution in [1.82, 2.24) is 20.3 Å². The molecule has 1 amide bonds. The van der Waals surface area contributed by atoms with Crippen LogP contribution in [0.15, 0.2) is 29.6 Å². The Balaban J connectivity index is 0.00000164. The van der Waals surface area contributed by atoms with Gasteiger partial charge in [0, 0.05) is 44.3 Å². The molecule has 59 heavy (non-hydrogen) atoms. The number of carbonyl (C=O) groups excluding carboxylic acids is 3. The van der Waals surface area contributed by atoms with Gasteiger partial charge in [0.25, 0.3) is 5.91 Å². The second kappa shape index (κ2) is 31.1. The molecule has 330 valence electrons. The summed E-state index contributed by atoms with van der Waals surface area (Å²) in [6.07, 6.45) is 10.8. The monoisotopic (exact) mass is 871 g/mol. The number of aldehydes is 1. The molecule has 0 aliphatic carbocycles. The number of nitrogens with zero attached hydrogens (tertiary/aromatic N) is 4. The maximum atomic E-state index is 13.3. The van der Waals surface area contributed by atoms with Crippen LogP contribution >= 0.6 is 11.3 Å². The second-order valence-corrected chi connectivity index (χ2v) is 17.3. The molecular formula is C44H74KN5O8S. The topological polar surface area (TPSA) is 173 Å². The van der Waals surface area contributed by atoms with E-state index in [4.69, 9.17) is 9.57 Å². The number of hydrogen-bond donors (Lipinski definition) is 3. The summed E-state index contributed by atoms with van der Waals surface area (Å²) < 4.78 is 5.67. The third kappa shape index (κ3) is 23.3. The predicted molar refractivity (Wildman–Crippen MR) is 232 cm³/mol. The molecule has 0 spiro atoms. The molecule has 1 fully saturated rings. The van der Waals surface area contributed by atoms with Gasteiger partial charge < -0.3 is 35.3 Å². The van der Waals surface area contributed by atoms with Crippen LogP contribution in [-0.4, -0.2) is 102 Å². The molecule has 13 nitrogen and oxygen atoms in total. The van der Waals surface area contributed by atoms with Crippen LogP contribution in [0.2, 0.25) is 0 Å². The summed E-state index contributed by atoms with van der Waals surface area (Å²) in [6, 6.07) is 6.01. The van der Waals surface area contributed by atoms with E-state index in [9.17, 15) is 29.4 Å². The number of phenolic OH excluding ortho intramolecular Hbond substituents is 1. The van der Waals surface area contributed by atoms with Gasteiger partial charge in [0.15, 0.2) is 6.10 Å². The van der Waals surface area contributed by atoms with Gasteiger partial charge in [-0.05, 0) is 82.7 Å². The van der Waals surface area contributed by atoms with Crippen LogP contribution in [0, 0.1) is 17.3 Å². The van der Waals surface area contributed by atoms with E-state index in [1.807, 2.05) is 19.2 Å². The van der Waals surface area contributed by atoms with Crippen molar-refractivity contribution >= 4 is 35.5 Å². The van der Waals surface area contributed by atoms with Crippen molar-refractivity contribution in [2.24, 2.45) is 17.3 Å². The van der Waals surface area contributed by atoms with E-state index in [0.717, 1.165) is 44.0 Å². The Morgan fingerprint density at radius 3 is 2.29 bits per heavy atom. The van der Waals surface area contributed by atoms with Crippen LogP contribution in [0.25, 0.3) is 5.32 Å². The number of carboxylic acids is 1. The zero-order valence-corrected chi connectivity index (χ0v) is 42.1. The van der Waals surface area contributed by atoms with Crippen molar-refractivity contribution in [3.05, 3.63) is 51.2 Å². The number of benzene rings is 1. The van der Waals surface area contributed by atoms with Gasteiger partial charge in [-0.15, -0.1) is 11.3 Å². The van der Waals surface area contributed by atoms with Gasteiger partial charge in [-0.1, -0.05) is 85.0 Å². The fourth-order valence-electron chi connectivity index (χ4n) is 6.42. The quantitative estimate of drug-likeness (QED) is 0.0428. The van der Waals surface area contributed by atoms with E-state index in [2.05, 4.69) is 62.2 Å². The molecule has 3 N–H and O–H groups in total.